The van der Waals surface area contributed by atoms with Gasteiger partial charge >= 0.3 is 0 Å². The Morgan fingerprint density at radius 3 is 2.41 bits per heavy atom. The van der Waals surface area contributed by atoms with E-state index >= 15 is 0 Å². The van der Waals surface area contributed by atoms with Crippen molar-refractivity contribution in [2.75, 3.05) is 6.54 Å². The number of carbonyl (C=O) groups is 1. The van der Waals surface area contributed by atoms with Crippen LogP contribution in [-0.2, 0) is 16.6 Å². The van der Waals surface area contributed by atoms with E-state index in [0.717, 1.165) is 24.8 Å². The molecule has 3 rings (SSSR count). The Labute approximate surface area is 159 Å². The van der Waals surface area contributed by atoms with E-state index in [0.29, 0.717) is 12.1 Å². The van der Waals surface area contributed by atoms with Crippen LogP contribution in [0.5, 0.6) is 0 Å². The lowest BCUT2D eigenvalue weighted by molar-refractivity contribution is 0.0951. The highest BCUT2D eigenvalue weighted by atomic mass is 32.2. The zero-order chi connectivity index (χ0) is 19.4. The number of hydrogen-bond donors (Lipinski definition) is 1. The minimum atomic E-state index is -3.55. The fourth-order valence-electron chi connectivity index (χ4n) is 3.23. The van der Waals surface area contributed by atoms with Gasteiger partial charge in [-0.05, 0) is 61.7 Å². The van der Waals surface area contributed by atoms with Gasteiger partial charge in [0, 0.05) is 24.7 Å². The molecular weight excluding hydrogens is 367 g/mol. The second-order valence-corrected chi connectivity index (χ2v) is 8.68. The minimum Gasteiger partial charge on any atom is -0.348 e. The first-order valence-corrected chi connectivity index (χ1v) is 10.5. The van der Waals surface area contributed by atoms with Crippen molar-refractivity contribution in [1.82, 2.24) is 9.62 Å². The Bertz CT molecular complexity index is 896. The molecule has 1 heterocycles. The maximum Gasteiger partial charge on any atom is 0.251 e. The summed E-state index contributed by atoms with van der Waals surface area (Å²) in [6.45, 7) is 2.72. The third-order valence-electron chi connectivity index (χ3n) is 4.83. The predicted molar refractivity (Wildman–Crippen MR) is 101 cm³/mol. The summed E-state index contributed by atoms with van der Waals surface area (Å²) in [5, 5.41) is 2.74. The van der Waals surface area contributed by atoms with Gasteiger partial charge in [-0.2, -0.15) is 4.31 Å². The Kier molecular flexibility index (Phi) is 5.92. The van der Waals surface area contributed by atoms with Gasteiger partial charge < -0.3 is 5.32 Å². The molecule has 0 spiro atoms. The Morgan fingerprint density at radius 1 is 1.11 bits per heavy atom. The second kappa shape index (κ2) is 8.19. The van der Waals surface area contributed by atoms with Gasteiger partial charge in [0.2, 0.25) is 10.0 Å². The van der Waals surface area contributed by atoms with E-state index in [1.54, 1.807) is 16.4 Å². The third kappa shape index (κ3) is 4.54. The number of sulfonamides is 1. The molecule has 0 radical (unpaired) electrons. The summed E-state index contributed by atoms with van der Waals surface area (Å²) in [4.78, 5) is 12.5. The van der Waals surface area contributed by atoms with Gasteiger partial charge in [-0.1, -0.05) is 18.6 Å². The monoisotopic (exact) mass is 390 g/mol. The van der Waals surface area contributed by atoms with E-state index in [9.17, 15) is 17.6 Å². The van der Waals surface area contributed by atoms with Crippen molar-refractivity contribution in [1.29, 1.82) is 0 Å². The number of nitrogens with one attached hydrogen (secondary N) is 1. The van der Waals surface area contributed by atoms with Gasteiger partial charge in [-0.3, -0.25) is 4.79 Å². The molecule has 5 nitrogen and oxygen atoms in total. The quantitative estimate of drug-likeness (QED) is 0.852. The molecule has 144 valence electrons. The average Bonchev–Trinajstić information content (AvgIpc) is 2.67. The highest BCUT2D eigenvalue weighted by Crippen LogP contribution is 2.25. The lowest BCUT2D eigenvalue weighted by atomic mass is 10.1. The molecule has 1 saturated heterocycles. The molecule has 1 fully saturated rings. The molecule has 1 atom stereocenters. The highest BCUT2D eigenvalue weighted by molar-refractivity contribution is 7.89. The molecule has 27 heavy (non-hydrogen) atoms. The van der Waals surface area contributed by atoms with Crippen molar-refractivity contribution in [2.45, 2.75) is 43.7 Å². The van der Waals surface area contributed by atoms with Crippen LogP contribution in [0.1, 0.15) is 42.1 Å². The lowest BCUT2D eigenvalue weighted by Gasteiger charge is -2.32. The summed E-state index contributed by atoms with van der Waals surface area (Å²) in [5.74, 6) is -0.639. The molecule has 0 saturated carbocycles. The van der Waals surface area contributed by atoms with Crippen LogP contribution in [0, 0.1) is 5.82 Å². The van der Waals surface area contributed by atoms with Crippen LogP contribution in [-0.4, -0.2) is 31.2 Å². The van der Waals surface area contributed by atoms with Crippen LogP contribution in [0.3, 0.4) is 0 Å². The number of amides is 1. The molecule has 1 aliphatic heterocycles. The fraction of sp³-hybridized carbons (Fsp3) is 0.350. The summed E-state index contributed by atoms with van der Waals surface area (Å²) >= 11 is 0. The van der Waals surface area contributed by atoms with Crippen LogP contribution in [0.25, 0.3) is 0 Å². The van der Waals surface area contributed by atoms with Crippen LogP contribution in [0.2, 0.25) is 0 Å². The first-order valence-electron chi connectivity index (χ1n) is 9.02. The standard InChI is InChI=1S/C20H23FN2O3S/c1-15-4-2-3-13-23(15)27(25,26)19-11-7-17(8-12-19)20(24)22-14-16-5-9-18(21)10-6-16/h5-12,15H,2-4,13-14H2,1H3,(H,22,24). The van der Waals surface area contributed by atoms with Crippen LogP contribution >= 0.6 is 0 Å². The van der Waals surface area contributed by atoms with E-state index in [1.807, 2.05) is 6.92 Å². The normalized spacial score (nSPS) is 18.2. The maximum atomic E-state index is 12.9. The van der Waals surface area contributed by atoms with E-state index in [4.69, 9.17) is 0 Å². The Balaban J connectivity index is 1.67. The summed E-state index contributed by atoms with van der Waals surface area (Å²) in [6.07, 6.45) is 2.77. The molecule has 1 N–H and O–H groups in total. The van der Waals surface area contributed by atoms with Crippen molar-refractivity contribution >= 4 is 15.9 Å². The van der Waals surface area contributed by atoms with Crippen LogP contribution in [0.4, 0.5) is 4.39 Å². The molecule has 1 aliphatic rings. The van der Waals surface area contributed by atoms with Gasteiger partial charge in [0.25, 0.3) is 5.91 Å². The smallest absolute Gasteiger partial charge is 0.251 e. The number of benzene rings is 2. The van der Waals surface area contributed by atoms with E-state index in [-0.39, 0.29) is 29.2 Å². The average molecular weight is 390 g/mol. The van der Waals surface area contributed by atoms with Gasteiger partial charge in [0.15, 0.2) is 0 Å². The first-order chi connectivity index (χ1) is 12.9. The molecule has 2 aromatic carbocycles. The number of carbonyl (C=O) groups excluding carboxylic acids is 1. The summed E-state index contributed by atoms with van der Waals surface area (Å²) in [5.41, 5.74) is 1.16. The van der Waals surface area contributed by atoms with Gasteiger partial charge in [-0.25, -0.2) is 12.8 Å². The third-order valence-corrected chi connectivity index (χ3v) is 6.86. The number of hydrogen-bond acceptors (Lipinski definition) is 3. The molecule has 2 aromatic rings. The van der Waals surface area contributed by atoms with Crippen molar-refractivity contribution < 1.29 is 17.6 Å². The van der Waals surface area contributed by atoms with Crippen molar-refractivity contribution in [3.8, 4) is 0 Å². The largest absolute Gasteiger partial charge is 0.348 e. The van der Waals surface area contributed by atoms with Crippen molar-refractivity contribution in [2.24, 2.45) is 0 Å². The number of rotatable bonds is 5. The predicted octanol–water partition coefficient (Wildman–Crippen LogP) is 3.32. The molecule has 1 amide bonds. The first kappa shape index (κ1) is 19.5. The topological polar surface area (TPSA) is 66.5 Å². The number of nitrogens with zero attached hydrogens (tertiary/aromatic N) is 1. The Morgan fingerprint density at radius 2 is 1.78 bits per heavy atom. The van der Waals surface area contributed by atoms with Gasteiger partial charge in [-0.15, -0.1) is 0 Å². The number of halogens is 1. The maximum absolute atomic E-state index is 12.9. The molecular formula is C20H23FN2O3S. The highest BCUT2D eigenvalue weighted by Gasteiger charge is 2.30. The summed E-state index contributed by atoms with van der Waals surface area (Å²) in [6, 6.07) is 11.8. The molecule has 0 aromatic heterocycles. The summed E-state index contributed by atoms with van der Waals surface area (Å²) in [7, 11) is -3.55. The van der Waals surface area contributed by atoms with E-state index in [2.05, 4.69) is 5.32 Å². The molecule has 7 heteroatoms. The van der Waals surface area contributed by atoms with Gasteiger partial charge in [0.05, 0.1) is 4.90 Å². The van der Waals surface area contributed by atoms with Gasteiger partial charge in [0.1, 0.15) is 5.82 Å². The Hall–Kier alpha value is -2.25. The van der Waals surface area contributed by atoms with Crippen molar-refractivity contribution in [3.63, 3.8) is 0 Å². The van der Waals surface area contributed by atoms with Crippen LogP contribution in [0.15, 0.2) is 53.4 Å². The zero-order valence-electron chi connectivity index (χ0n) is 15.2. The minimum absolute atomic E-state index is 0.0116. The van der Waals surface area contributed by atoms with Crippen LogP contribution < -0.4 is 5.32 Å². The molecule has 1 unspecified atom stereocenters. The fourth-order valence-corrected chi connectivity index (χ4v) is 4.93. The zero-order valence-corrected chi connectivity index (χ0v) is 16.0. The lowest BCUT2D eigenvalue weighted by Crippen LogP contribution is -2.41. The van der Waals surface area contributed by atoms with Crippen molar-refractivity contribution in [3.05, 3.63) is 65.5 Å². The van der Waals surface area contributed by atoms with E-state index < -0.39 is 10.0 Å². The molecule has 0 bridgehead atoms. The number of piperidine rings is 1. The van der Waals surface area contributed by atoms with E-state index in [1.165, 1.54) is 36.4 Å². The molecule has 0 aliphatic carbocycles. The SMILES string of the molecule is CC1CCCCN1S(=O)(=O)c1ccc(C(=O)NCc2ccc(F)cc2)cc1. The second-order valence-electron chi connectivity index (χ2n) is 6.79. The summed E-state index contributed by atoms with van der Waals surface area (Å²) < 4.78 is 40.1.